The van der Waals surface area contributed by atoms with E-state index in [1.54, 1.807) is 18.4 Å². The topological polar surface area (TPSA) is 90.3 Å². The fraction of sp³-hybridized carbons (Fsp3) is 0.111. The summed E-state index contributed by atoms with van der Waals surface area (Å²) in [5.41, 5.74) is -0.364. The zero-order valence-corrected chi connectivity index (χ0v) is 15.2. The molecule has 1 N–H and O–H groups in total. The van der Waals surface area contributed by atoms with Gasteiger partial charge in [0.15, 0.2) is 5.69 Å². The minimum atomic E-state index is -0.811. The Morgan fingerprint density at radius 3 is 2.70 bits per heavy atom. The predicted molar refractivity (Wildman–Crippen MR) is 98.1 cm³/mol. The Bertz CT molecular complexity index is 1090. The monoisotopic (exact) mass is 387 g/mol. The number of para-hydroxylation sites is 1. The molecule has 0 radical (unpaired) electrons. The third kappa shape index (κ3) is 3.63. The lowest BCUT2D eigenvalue weighted by Gasteiger charge is -2.12. The molecule has 3 aromatic rings. The van der Waals surface area contributed by atoms with Crippen LogP contribution in [0.25, 0.3) is 5.69 Å². The highest BCUT2D eigenvalue weighted by molar-refractivity contribution is 7.12. The Balaban J connectivity index is 2.00. The lowest BCUT2D eigenvalue weighted by molar-refractivity contribution is 0.0607. The van der Waals surface area contributed by atoms with Gasteiger partial charge in [0.2, 0.25) is 5.43 Å². The summed E-state index contributed by atoms with van der Waals surface area (Å²) < 4.78 is 19.9. The average Bonchev–Trinajstić information content (AvgIpc) is 3.10. The molecule has 0 saturated heterocycles. The highest BCUT2D eigenvalue weighted by Gasteiger charge is 2.20. The van der Waals surface area contributed by atoms with Crippen LogP contribution < -0.4 is 10.7 Å². The van der Waals surface area contributed by atoms with Crippen molar-refractivity contribution >= 4 is 28.9 Å². The Morgan fingerprint density at radius 2 is 2.00 bits per heavy atom. The maximum atomic E-state index is 14.1. The van der Waals surface area contributed by atoms with Gasteiger partial charge in [-0.3, -0.25) is 9.59 Å². The number of ether oxygens (including phenoxy) is 1. The average molecular weight is 387 g/mol. The van der Waals surface area contributed by atoms with Gasteiger partial charge < -0.3 is 10.1 Å². The third-order valence-electron chi connectivity index (χ3n) is 3.69. The van der Waals surface area contributed by atoms with Crippen molar-refractivity contribution in [3.8, 4) is 5.69 Å². The third-order valence-corrected chi connectivity index (χ3v) is 4.58. The number of thiophene rings is 1. The molecule has 0 aliphatic carbocycles. The van der Waals surface area contributed by atoms with E-state index in [0.717, 1.165) is 11.3 Å². The van der Waals surface area contributed by atoms with E-state index in [4.69, 9.17) is 0 Å². The van der Waals surface area contributed by atoms with E-state index in [9.17, 15) is 18.8 Å². The van der Waals surface area contributed by atoms with Crippen molar-refractivity contribution in [3.63, 3.8) is 0 Å². The van der Waals surface area contributed by atoms with Crippen LogP contribution in [0, 0.1) is 12.7 Å². The fourth-order valence-corrected chi connectivity index (χ4v) is 3.18. The van der Waals surface area contributed by atoms with Crippen molar-refractivity contribution in [1.82, 2.24) is 9.78 Å². The van der Waals surface area contributed by atoms with Crippen molar-refractivity contribution in [1.29, 1.82) is 0 Å². The van der Waals surface area contributed by atoms with Crippen LogP contribution in [0.1, 0.15) is 25.9 Å². The molecule has 0 unspecified atom stereocenters. The summed E-state index contributed by atoms with van der Waals surface area (Å²) in [6.07, 6.45) is 0. The van der Waals surface area contributed by atoms with Gasteiger partial charge in [-0.25, -0.2) is 13.9 Å². The van der Waals surface area contributed by atoms with Crippen LogP contribution in [0.2, 0.25) is 0 Å². The first kappa shape index (κ1) is 18.5. The van der Waals surface area contributed by atoms with Crippen LogP contribution in [0.4, 0.5) is 10.1 Å². The normalized spacial score (nSPS) is 10.5. The van der Waals surface area contributed by atoms with Crippen LogP contribution in [0.3, 0.4) is 0 Å². The molecule has 0 aliphatic rings. The van der Waals surface area contributed by atoms with Crippen LogP contribution >= 0.6 is 11.3 Å². The molecular weight excluding hydrogens is 373 g/mol. The van der Waals surface area contributed by atoms with E-state index in [-0.39, 0.29) is 16.3 Å². The number of carbonyl (C=O) groups is 2. The molecule has 0 saturated carbocycles. The molecular formula is C18H14FN3O4S. The number of esters is 1. The predicted octanol–water partition coefficient (Wildman–Crippen LogP) is 2.78. The number of nitrogens with zero attached hydrogens (tertiary/aromatic N) is 2. The summed E-state index contributed by atoms with van der Waals surface area (Å²) in [5, 5.41) is 8.09. The molecule has 0 fully saturated rings. The van der Waals surface area contributed by atoms with Gasteiger partial charge in [0, 0.05) is 11.8 Å². The number of amides is 1. The van der Waals surface area contributed by atoms with Gasteiger partial charge in [0.1, 0.15) is 16.4 Å². The molecule has 1 aromatic carbocycles. The lowest BCUT2D eigenvalue weighted by atomic mass is 10.2. The Labute approximate surface area is 157 Å². The van der Waals surface area contributed by atoms with Crippen LogP contribution in [0.5, 0.6) is 0 Å². The smallest absolute Gasteiger partial charge is 0.350 e. The van der Waals surface area contributed by atoms with Crippen LogP contribution in [0.15, 0.2) is 46.6 Å². The van der Waals surface area contributed by atoms with E-state index in [0.29, 0.717) is 5.69 Å². The molecule has 7 nitrogen and oxygen atoms in total. The molecule has 0 bridgehead atoms. The quantitative estimate of drug-likeness (QED) is 0.695. The molecule has 9 heteroatoms. The molecule has 0 atom stereocenters. The Hall–Kier alpha value is -3.33. The summed E-state index contributed by atoms with van der Waals surface area (Å²) in [4.78, 5) is 36.7. The molecule has 3 rings (SSSR count). The summed E-state index contributed by atoms with van der Waals surface area (Å²) in [6, 6.07) is 8.58. The van der Waals surface area contributed by atoms with Gasteiger partial charge in [-0.2, -0.15) is 5.10 Å². The number of carbonyl (C=O) groups excluding carboxylic acids is 2. The van der Waals surface area contributed by atoms with Gasteiger partial charge in [0.05, 0.1) is 12.8 Å². The van der Waals surface area contributed by atoms with Crippen molar-refractivity contribution < 1.29 is 18.7 Å². The minimum Gasteiger partial charge on any atom is -0.465 e. The molecule has 27 heavy (non-hydrogen) atoms. The Morgan fingerprint density at radius 1 is 1.26 bits per heavy atom. The lowest BCUT2D eigenvalue weighted by Crippen LogP contribution is -2.27. The number of rotatable bonds is 4. The van der Waals surface area contributed by atoms with Gasteiger partial charge in [-0.05, 0) is 30.5 Å². The first-order valence-electron chi connectivity index (χ1n) is 7.75. The maximum absolute atomic E-state index is 14.1. The van der Waals surface area contributed by atoms with E-state index in [1.165, 1.54) is 42.1 Å². The van der Waals surface area contributed by atoms with Crippen molar-refractivity contribution in [3.05, 3.63) is 74.1 Å². The molecule has 0 spiro atoms. The highest BCUT2D eigenvalue weighted by atomic mass is 32.1. The van der Waals surface area contributed by atoms with E-state index >= 15 is 0 Å². The molecule has 138 valence electrons. The Kier molecular flexibility index (Phi) is 5.13. The first-order chi connectivity index (χ1) is 12.9. The summed E-state index contributed by atoms with van der Waals surface area (Å²) in [6.45, 7) is 1.58. The van der Waals surface area contributed by atoms with Crippen molar-refractivity contribution in [2.45, 2.75) is 6.92 Å². The number of anilines is 1. The number of methoxy groups -OCH3 is 1. The number of hydrogen-bond acceptors (Lipinski definition) is 6. The van der Waals surface area contributed by atoms with Gasteiger partial charge in [-0.15, -0.1) is 11.3 Å². The first-order valence-corrected chi connectivity index (χ1v) is 8.63. The number of halogens is 1. The van der Waals surface area contributed by atoms with E-state index in [1.807, 2.05) is 0 Å². The van der Waals surface area contributed by atoms with Crippen LogP contribution in [-0.4, -0.2) is 28.8 Å². The highest BCUT2D eigenvalue weighted by Crippen LogP contribution is 2.23. The number of nitrogens with one attached hydrogen (secondary N) is 1. The van der Waals surface area contributed by atoms with Crippen molar-refractivity contribution in [2.75, 3.05) is 12.4 Å². The zero-order valence-electron chi connectivity index (χ0n) is 14.4. The summed E-state index contributed by atoms with van der Waals surface area (Å²) in [7, 11) is 1.22. The molecule has 2 heterocycles. The van der Waals surface area contributed by atoms with E-state index < -0.39 is 28.8 Å². The largest absolute Gasteiger partial charge is 0.465 e. The van der Waals surface area contributed by atoms with Crippen LogP contribution in [-0.2, 0) is 4.74 Å². The SMILES string of the molecule is COC(=O)c1sccc1NC(=O)c1nn(-c2ccccc2F)c(C)cc1=O. The van der Waals surface area contributed by atoms with Gasteiger partial charge in [0.25, 0.3) is 5.91 Å². The second-order valence-electron chi connectivity index (χ2n) is 5.47. The molecule has 2 aromatic heterocycles. The van der Waals surface area contributed by atoms with E-state index in [2.05, 4.69) is 15.2 Å². The number of aryl methyl sites for hydroxylation is 1. The summed E-state index contributed by atoms with van der Waals surface area (Å²) in [5.74, 6) is -1.97. The van der Waals surface area contributed by atoms with Gasteiger partial charge in [-0.1, -0.05) is 12.1 Å². The maximum Gasteiger partial charge on any atom is 0.350 e. The second-order valence-corrected chi connectivity index (χ2v) is 6.39. The number of benzene rings is 1. The fourth-order valence-electron chi connectivity index (χ4n) is 2.41. The summed E-state index contributed by atoms with van der Waals surface area (Å²) >= 11 is 1.09. The van der Waals surface area contributed by atoms with Gasteiger partial charge >= 0.3 is 5.97 Å². The second kappa shape index (κ2) is 7.50. The van der Waals surface area contributed by atoms with Crippen molar-refractivity contribution in [2.24, 2.45) is 0 Å². The molecule has 1 amide bonds. The number of hydrogen-bond donors (Lipinski definition) is 1. The minimum absolute atomic E-state index is 0.106. The number of aromatic nitrogens is 2. The zero-order chi connectivity index (χ0) is 19.6. The standard InChI is InChI=1S/C18H14FN3O4S/c1-10-9-14(23)15(21-22(10)13-6-4-3-5-11(13)19)17(24)20-12-7-8-27-16(12)18(25)26-2/h3-9H,1-2H3,(H,20,24). The molecule has 0 aliphatic heterocycles.